The van der Waals surface area contributed by atoms with Crippen LogP contribution >= 0.6 is 11.6 Å². The number of anilines is 1. The Morgan fingerprint density at radius 2 is 2.10 bits per heavy atom. The van der Waals surface area contributed by atoms with Crippen LogP contribution in [0.25, 0.3) is 0 Å². The molecule has 0 bridgehead atoms. The van der Waals surface area contributed by atoms with Crippen molar-refractivity contribution >= 4 is 33.3 Å². The number of carbonyl (C=O) groups excluding carboxylic acids is 1. The van der Waals surface area contributed by atoms with Crippen LogP contribution in [0.3, 0.4) is 0 Å². The van der Waals surface area contributed by atoms with Crippen molar-refractivity contribution in [3.05, 3.63) is 22.8 Å². The quantitative estimate of drug-likeness (QED) is 0.677. The van der Waals surface area contributed by atoms with Crippen molar-refractivity contribution in [2.45, 2.75) is 6.92 Å². The molecule has 0 saturated carbocycles. The number of carbonyl (C=O) groups is 1. The summed E-state index contributed by atoms with van der Waals surface area (Å²) in [4.78, 5) is 16.0. The molecule has 0 aromatic carbocycles. The minimum atomic E-state index is -3.35. The van der Waals surface area contributed by atoms with Crippen LogP contribution in [-0.2, 0) is 10.0 Å². The van der Waals surface area contributed by atoms with E-state index >= 15 is 0 Å². The van der Waals surface area contributed by atoms with Crippen LogP contribution in [0.4, 0.5) is 5.82 Å². The molecule has 0 aliphatic carbocycles. The Morgan fingerprint density at radius 1 is 1.40 bits per heavy atom. The lowest BCUT2D eigenvalue weighted by molar-refractivity contribution is 0.0951. The molecule has 1 aromatic rings. The molecule has 0 unspecified atom stereocenters. The first-order valence-corrected chi connectivity index (χ1v) is 8.02. The number of hydrogen-bond acceptors (Lipinski definition) is 5. The van der Waals surface area contributed by atoms with E-state index in [0.29, 0.717) is 12.4 Å². The molecular formula is C11H17ClN4O3S. The second-order valence-electron chi connectivity index (χ2n) is 3.84. The molecule has 0 aliphatic rings. The fourth-order valence-electron chi connectivity index (χ4n) is 1.37. The standard InChI is InChI=1S/C11H17ClN4O3S/c1-3-14-9-5-4-8(12)10(16-9)11(17)15-6-7-20(18,19)13-2/h4-5,13H,3,6-7H2,1-2H3,(H,14,16)(H,15,17). The van der Waals surface area contributed by atoms with Crippen molar-refractivity contribution in [3.63, 3.8) is 0 Å². The summed E-state index contributed by atoms with van der Waals surface area (Å²) in [6, 6.07) is 3.22. The number of rotatable bonds is 7. The zero-order valence-electron chi connectivity index (χ0n) is 11.2. The van der Waals surface area contributed by atoms with E-state index < -0.39 is 15.9 Å². The molecule has 20 heavy (non-hydrogen) atoms. The van der Waals surface area contributed by atoms with Gasteiger partial charge in [-0.2, -0.15) is 0 Å². The molecular weight excluding hydrogens is 304 g/mol. The molecule has 0 radical (unpaired) electrons. The predicted octanol–water partition coefficient (Wildman–Crippen LogP) is 0.446. The number of pyridine rings is 1. The number of amides is 1. The Labute approximate surface area is 123 Å². The Kier molecular flexibility index (Phi) is 6.18. The molecule has 0 atom stereocenters. The van der Waals surface area contributed by atoms with Gasteiger partial charge in [-0.3, -0.25) is 4.79 Å². The number of sulfonamides is 1. The van der Waals surface area contributed by atoms with Crippen molar-refractivity contribution in [2.24, 2.45) is 0 Å². The number of aromatic nitrogens is 1. The van der Waals surface area contributed by atoms with Crippen molar-refractivity contribution < 1.29 is 13.2 Å². The lowest BCUT2D eigenvalue weighted by Gasteiger charge is -2.08. The molecule has 1 heterocycles. The molecule has 3 N–H and O–H groups in total. The second-order valence-corrected chi connectivity index (χ2v) is 6.29. The van der Waals surface area contributed by atoms with Crippen LogP contribution in [0.5, 0.6) is 0 Å². The van der Waals surface area contributed by atoms with Crippen LogP contribution in [0.1, 0.15) is 17.4 Å². The van der Waals surface area contributed by atoms with Crippen LogP contribution < -0.4 is 15.4 Å². The smallest absolute Gasteiger partial charge is 0.271 e. The van der Waals surface area contributed by atoms with Gasteiger partial charge in [-0.05, 0) is 26.1 Å². The van der Waals surface area contributed by atoms with Gasteiger partial charge in [0.25, 0.3) is 5.91 Å². The molecule has 0 fully saturated rings. The first kappa shape index (κ1) is 16.7. The molecule has 1 rings (SSSR count). The summed E-state index contributed by atoms with van der Waals surface area (Å²) in [7, 11) is -2.04. The maximum absolute atomic E-state index is 11.9. The predicted molar refractivity (Wildman–Crippen MR) is 78.6 cm³/mol. The normalized spacial score (nSPS) is 11.2. The molecule has 0 spiro atoms. The Bertz CT molecular complexity index is 577. The Morgan fingerprint density at radius 3 is 2.70 bits per heavy atom. The van der Waals surface area contributed by atoms with E-state index in [1.165, 1.54) is 7.05 Å². The molecule has 0 saturated heterocycles. The van der Waals surface area contributed by atoms with E-state index in [9.17, 15) is 13.2 Å². The topological polar surface area (TPSA) is 100 Å². The van der Waals surface area contributed by atoms with Gasteiger partial charge in [-0.1, -0.05) is 11.6 Å². The summed E-state index contributed by atoms with van der Waals surface area (Å²) in [6.07, 6.45) is 0. The summed E-state index contributed by atoms with van der Waals surface area (Å²) < 4.78 is 24.6. The monoisotopic (exact) mass is 320 g/mol. The van der Waals surface area contributed by atoms with Crippen LogP contribution in [0.2, 0.25) is 5.02 Å². The van der Waals surface area contributed by atoms with Gasteiger partial charge >= 0.3 is 0 Å². The van der Waals surface area contributed by atoms with Gasteiger partial charge < -0.3 is 10.6 Å². The van der Waals surface area contributed by atoms with Gasteiger partial charge in [0, 0.05) is 13.1 Å². The first-order valence-electron chi connectivity index (χ1n) is 5.99. The fraction of sp³-hybridized carbons (Fsp3) is 0.455. The summed E-state index contributed by atoms with van der Waals surface area (Å²) >= 11 is 5.91. The van der Waals surface area contributed by atoms with Gasteiger partial charge in [0.2, 0.25) is 10.0 Å². The highest BCUT2D eigenvalue weighted by molar-refractivity contribution is 7.89. The van der Waals surface area contributed by atoms with Crippen molar-refractivity contribution in [3.8, 4) is 0 Å². The summed E-state index contributed by atoms with van der Waals surface area (Å²) in [5.74, 6) is -0.189. The first-order chi connectivity index (χ1) is 9.39. The Hall–Kier alpha value is -1.38. The molecule has 0 aliphatic heterocycles. The third kappa shape index (κ3) is 4.95. The summed E-state index contributed by atoms with van der Waals surface area (Å²) in [5, 5.41) is 5.64. The van der Waals surface area contributed by atoms with Gasteiger partial charge in [0.15, 0.2) is 0 Å². The van der Waals surface area contributed by atoms with Crippen molar-refractivity contribution in [1.82, 2.24) is 15.0 Å². The third-order valence-electron chi connectivity index (χ3n) is 2.39. The number of halogens is 1. The van der Waals surface area contributed by atoms with Crippen LogP contribution in [0.15, 0.2) is 12.1 Å². The largest absolute Gasteiger partial charge is 0.370 e. The summed E-state index contributed by atoms with van der Waals surface area (Å²) in [6.45, 7) is 2.54. The second kappa shape index (κ2) is 7.41. The van der Waals surface area contributed by atoms with Gasteiger partial charge in [0.1, 0.15) is 11.5 Å². The lowest BCUT2D eigenvalue weighted by Crippen LogP contribution is -2.33. The minimum Gasteiger partial charge on any atom is -0.370 e. The van der Waals surface area contributed by atoms with E-state index in [0.717, 1.165) is 0 Å². The van der Waals surface area contributed by atoms with Gasteiger partial charge in [-0.15, -0.1) is 0 Å². The number of nitrogens with zero attached hydrogens (tertiary/aromatic N) is 1. The van der Waals surface area contributed by atoms with E-state index in [4.69, 9.17) is 11.6 Å². The Balaban J connectivity index is 2.70. The average molecular weight is 321 g/mol. The highest BCUT2D eigenvalue weighted by atomic mass is 35.5. The van der Waals surface area contributed by atoms with Gasteiger partial charge in [-0.25, -0.2) is 18.1 Å². The highest BCUT2D eigenvalue weighted by Crippen LogP contribution is 2.16. The van der Waals surface area contributed by atoms with Crippen LogP contribution in [0, 0.1) is 0 Å². The van der Waals surface area contributed by atoms with E-state index in [-0.39, 0.29) is 23.0 Å². The zero-order chi connectivity index (χ0) is 15.2. The van der Waals surface area contributed by atoms with E-state index in [1.54, 1.807) is 12.1 Å². The van der Waals surface area contributed by atoms with Crippen LogP contribution in [-0.4, -0.2) is 45.2 Å². The maximum atomic E-state index is 11.9. The van der Waals surface area contributed by atoms with E-state index in [2.05, 4.69) is 20.3 Å². The third-order valence-corrected chi connectivity index (χ3v) is 4.05. The van der Waals surface area contributed by atoms with Crippen molar-refractivity contribution in [1.29, 1.82) is 0 Å². The SMILES string of the molecule is CCNc1ccc(Cl)c(C(=O)NCCS(=O)(=O)NC)n1. The number of hydrogen-bond donors (Lipinski definition) is 3. The minimum absolute atomic E-state index is 0.0224. The van der Waals surface area contributed by atoms with Gasteiger partial charge in [0.05, 0.1) is 10.8 Å². The summed E-state index contributed by atoms with van der Waals surface area (Å²) in [5.41, 5.74) is 0.0620. The molecule has 9 heteroatoms. The molecule has 112 valence electrons. The number of nitrogens with one attached hydrogen (secondary N) is 3. The fourth-order valence-corrected chi connectivity index (χ4v) is 2.13. The average Bonchev–Trinajstić information content (AvgIpc) is 2.41. The lowest BCUT2D eigenvalue weighted by atomic mass is 10.3. The maximum Gasteiger partial charge on any atom is 0.271 e. The zero-order valence-corrected chi connectivity index (χ0v) is 12.8. The molecule has 7 nitrogen and oxygen atoms in total. The molecule has 1 aromatic heterocycles. The van der Waals surface area contributed by atoms with E-state index in [1.807, 2.05) is 6.92 Å². The highest BCUT2D eigenvalue weighted by Gasteiger charge is 2.14. The van der Waals surface area contributed by atoms with Crippen molar-refractivity contribution in [2.75, 3.05) is 31.2 Å². The molecule has 1 amide bonds.